The highest BCUT2D eigenvalue weighted by Crippen LogP contribution is 2.25. The molecule has 0 aliphatic heterocycles. The number of aromatic nitrogens is 2. The maximum absolute atomic E-state index is 9.87. The van der Waals surface area contributed by atoms with Crippen LogP contribution in [-0.2, 0) is 6.54 Å². The molecule has 4 heteroatoms. The predicted octanol–water partition coefficient (Wildman–Crippen LogP) is 2.64. The zero-order valence-electron chi connectivity index (χ0n) is 11.5. The van der Waals surface area contributed by atoms with Gasteiger partial charge in [0.25, 0.3) is 0 Å². The SMILES string of the molecule is CCC(NCCn1cc(C)cn1)c1ccccc1O. The maximum atomic E-state index is 9.87. The predicted molar refractivity (Wildman–Crippen MR) is 76.1 cm³/mol. The highest BCUT2D eigenvalue weighted by atomic mass is 16.3. The van der Waals surface area contributed by atoms with Crippen molar-refractivity contribution < 1.29 is 5.11 Å². The molecule has 0 aliphatic carbocycles. The van der Waals surface area contributed by atoms with Gasteiger partial charge >= 0.3 is 0 Å². The van der Waals surface area contributed by atoms with Gasteiger partial charge in [0.1, 0.15) is 5.75 Å². The summed E-state index contributed by atoms with van der Waals surface area (Å²) in [6.07, 6.45) is 4.83. The van der Waals surface area contributed by atoms with Crippen molar-refractivity contribution in [3.05, 3.63) is 47.8 Å². The lowest BCUT2D eigenvalue weighted by Gasteiger charge is -2.18. The van der Waals surface area contributed by atoms with Crippen LogP contribution in [0.2, 0.25) is 0 Å². The van der Waals surface area contributed by atoms with Crippen molar-refractivity contribution >= 4 is 0 Å². The second-order valence-electron chi connectivity index (χ2n) is 4.75. The zero-order valence-corrected chi connectivity index (χ0v) is 11.5. The molecule has 0 bridgehead atoms. The second kappa shape index (κ2) is 6.38. The van der Waals surface area contributed by atoms with Crippen LogP contribution in [-0.4, -0.2) is 21.4 Å². The van der Waals surface area contributed by atoms with Crippen LogP contribution >= 0.6 is 0 Å². The monoisotopic (exact) mass is 259 g/mol. The molecule has 4 nitrogen and oxygen atoms in total. The van der Waals surface area contributed by atoms with E-state index in [0.717, 1.165) is 25.1 Å². The lowest BCUT2D eigenvalue weighted by atomic mass is 10.0. The van der Waals surface area contributed by atoms with Gasteiger partial charge in [-0.05, 0) is 25.0 Å². The first-order valence-electron chi connectivity index (χ1n) is 6.71. The van der Waals surface area contributed by atoms with Gasteiger partial charge in [-0.25, -0.2) is 0 Å². The molecule has 1 aromatic heterocycles. The largest absolute Gasteiger partial charge is 0.508 e. The summed E-state index contributed by atoms with van der Waals surface area (Å²) >= 11 is 0. The fourth-order valence-electron chi connectivity index (χ4n) is 2.20. The minimum Gasteiger partial charge on any atom is -0.508 e. The van der Waals surface area contributed by atoms with Gasteiger partial charge in [-0.1, -0.05) is 25.1 Å². The number of phenols is 1. The fraction of sp³-hybridized carbons (Fsp3) is 0.400. The first-order valence-corrected chi connectivity index (χ1v) is 6.71. The van der Waals surface area contributed by atoms with E-state index in [1.54, 1.807) is 6.07 Å². The van der Waals surface area contributed by atoms with Crippen LogP contribution in [0.1, 0.15) is 30.5 Å². The van der Waals surface area contributed by atoms with E-state index in [1.807, 2.05) is 42.2 Å². The Bertz CT molecular complexity index is 522. The molecule has 0 amide bonds. The molecular formula is C15H21N3O. The Morgan fingerprint density at radius 1 is 1.37 bits per heavy atom. The first kappa shape index (κ1) is 13.6. The van der Waals surface area contributed by atoms with E-state index in [0.29, 0.717) is 5.75 Å². The molecule has 1 atom stereocenters. The lowest BCUT2D eigenvalue weighted by molar-refractivity contribution is 0.432. The smallest absolute Gasteiger partial charge is 0.120 e. The molecule has 2 rings (SSSR count). The highest BCUT2D eigenvalue weighted by molar-refractivity contribution is 5.34. The Balaban J connectivity index is 1.91. The number of para-hydroxylation sites is 1. The van der Waals surface area contributed by atoms with Gasteiger partial charge in [0.05, 0.1) is 12.7 Å². The normalized spacial score (nSPS) is 12.5. The van der Waals surface area contributed by atoms with Crippen LogP contribution in [0.25, 0.3) is 0 Å². The van der Waals surface area contributed by atoms with E-state index in [4.69, 9.17) is 0 Å². The van der Waals surface area contributed by atoms with Gasteiger partial charge in [-0.2, -0.15) is 5.10 Å². The number of hydrogen-bond acceptors (Lipinski definition) is 3. The number of aromatic hydroxyl groups is 1. The summed E-state index contributed by atoms with van der Waals surface area (Å²) in [7, 11) is 0. The topological polar surface area (TPSA) is 50.1 Å². The summed E-state index contributed by atoms with van der Waals surface area (Å²) in [6, 6.07) is 7.68. The Morgan fingerprint density at radius 2 is 2.16 bits per heavy atom. The van der Waals surface area contributed by atoms with Crippen molar-refractivity contribution in [1.82, 2.24) is 15.1 Å². The molecule has 2 N–H and O–H groups in total. The number of hydrogen-bond donors (Lipinski definition) is 2. The molecule has 19 heavy (non-hydrogen) atoms. The molecule has 0 saturated heterocycles. The molecule has 1 unspecified atom stereocenters. The number of nitrogens with zero attached hydrogens (tertiary/aromatic N) is 2. The highest BCUT2D eigenvalue weighted by Gasteiger charge is 2.11. The van der Waals surface area contributed by atoms with Crippen molar-refractivity contribution in [2.24, 2.45) is 0 Å². The van der Waals surface area contributed by atoms with Gasteiger partial charge in [-0.3, -0.25) is 4.68 Å². The van der Waals surface area contributed by atoms with Crippen molar-refractivity contribution in [3.63, 3.8) is 0 Å². The summed E-state index contributed by atoms with van der Waals surface area (Å²) < 4.78 is 1.93. The van der Waals surface area contributed by atoms with Gasteiger partial charge in [0.2, 0.25) is 0 Å². The summed E-state index contributed by atoms with van der Waals surface area (Å²) in [5, 5.41) is 17.6. The molecule has 0 aliphatic rings. The Labute approximate surface area is 114 Å². The minimum absolute atomic E-state index is 0.179. The number of benzene rings is 1. The molecule has 0 radical (unpaired) electrons. The van der Waals surface area contributed by atoms with Crippen molar-refractivity contribution in [2.75, 3.05) is 6.54 Å². The molecule has 102 valence electrons. The quantitative estimate of drug-likeness (QED) is 0.838. The molecule has 0 fully saturated rings. The summed E-state index contributed by atoms with van der Waals surface area (Å²) in [5.74, 6) is 0.358. The van der Waals surface area contributed by atoms with Gasteiger partial charge in [0, 0.05) is 24.3 Å². The summed E-state index contributed by atoms with van der Waals surface area (Å²) in [5.41, 5.74) is 2.13. The Kier molecular flexibility index (Phi) is 4.58. The third-order valence-electron chi connectivity index (χ3n) is 3.21. The van der Waals surface area contributed by atoms with Gasteiger partial charge < -0.3 is 10.4 Å². The molecule has 1 heterocycles. The van der Waals surface area contributed by atoms with Gasteiger partial charge in [0.15, 0.2) is 0 Å². The number of phenolic OH excluding ortho intramolecular Hbond substituents is 1. The van der Waals surface area contributed by atoms with E-state index in [2.05, 4.69) is 17.3 Å². The summed E-state index contributed by atoms with van der Waals surface area (Å²) in [6.45, 7) is 5.81. The summed E-state index contributed by atoms with van der Waals surface area (Å²) in [4.78, 5) is 0. The minimum atomic E-state index is 0.179. The molecule has 0 spiro atoms. The van der Waals surface area contributed by atoms with Crippen LogP contribution in [0.3, 0.4) is 0 Å². The standard InChI is InChI=1S/C15H21N3O/c1-3-14(13-6-4-5-7-15(13)19)16-8-9-18-11-12(2)10-17-18/h4-7,10-11,14,16,19H,3,8-9H2,1-2H3. The van der Waals surface area contributed by atoms with E-state index < -0.39 is 0 Å². The third kappa shape index (κ3) is 3.58. The first-order chi connectivity index (χ1) is 9.20. The van der Waals surface area contributed by atoms with E-state index in [-0.39, 0.29) is 6.04 Å². The van der Waals surface area contributed by atoms with E-state index >= 15 is 0 Å². The van der Waals surface area contributed by atoms with E-state index in [9.17, 15) is 5.11 Å². The second-order valence-corrected chi connectivity index (χ2v) is 4.75. The van der Waals surface area contributed by atoms with Crippen LogP contribution in [0, 0.1) is 6.92 Å². The Hall–Kier alpha value is -1.81. The van der Waals surface area contributed by atoms with Crippen molar-refractivity contribution in [1.29, 1.82) is 0 Å². The maximum Gasteiger partial charge on any atom is 0.120 e. The number of rotatable bonds is 6. The van der Waals surface area contributed by atoms with Gasteiger partial charge in [-0.15, -0.1) is 0 Å². The zero-order chi connectivity index (χ0) is 13.7. The number of nitrogens with one attached hydrogen (secondary N) is 1. The van der Waals surface area contributed by atoms with Crippen LogP contribution in [0.15, 0.2) is 36.7 Å². The molecule has 1 aromatic carbocycles. The van der Waals surface area contributed by atoms with Crippen LogP contribution in [0.4, 0.5) is 0 Å². The fourth-order valence-corrected chi connectivity index (χ4v) is 2.20. The molecule has 2 aromatic rings. The molecular weight excluding hydrogens is 238 g/mol. The van der Waals surface area contributed by atoms with Crippen LogP contribution < -0.4 is 5.32 Å². The molecule has 0 saturated carbocycles. The average molecular weight is 259 g/mol. The van der Waals surface area contributed by atoms with Crippen molar-refractivity contribution in [2.45, 2.75) is 32.9 Å². The lowest BCUT2D eigenvalue weighted by Crippen LogP contribution is -2.25. The average Bonchev–Trinajstić information content (AvgIpc) is 2.82. The number of aryl methyl sites for hydroxylation is 1. The van der Waals surface area contributed by atoms with Crippen molar-refractivity contribution in [3.8, 4) is 5.75 Å². The van der Waals surface area contributed by atoms with Crippen LogP contribution in [0.5, 0.6) is 5.75 Å². The Morgan fingerprint density at radius 3 is 2.79 bits per heavy atom. The third-order valence-corrected chi connectivity index (χ3v) is 3.21. The van der Waals surface area contributed by atoms with E-state index in [1.165, 1.54) is 5.56 Å².